The van der Waals surface area contributed by atoms with Crippen molar-refractivity contribution in [2.75, 3.05) is 0 Å². The molecule has 50 heavy (non-hydrogen) atoms. The van der Waals surface area contributed by atoms with Crippen molar-refractivity contribution in [2.45, 2.75) is 0 Å². The largest absolute Gasteiger partial charge is 0.278 e. The number of hydrogen-bond donors (Lipinski definition) is 0. The highest BCUT2D eigenvalue weighted by atomic mass is 28.3. The van der Waals surface area contributed by atoms with Crippen molar-refractivity contribution in [3.05, 3.63) is 200 Å². The zero-order chi connectivity index (χ0) is 37.7. The Bertz CT molecular complexity index is 2720. The monoisotopic (exact) mass is 660 g/mol. The quantitative estimate of drug-likeness (QED) is 0.127. The molecule has 3 nitrogen and oxygen atoms in total. The molecule has 0 unspecified atom stereocenters. The van der Waals surface area contributed by atoms with Crippen LogP contribution in [0.5, 0.6) is 0 Å². The summed E-state index contributed by atoms with van der Waals surface area (Å²) >= 11 is 0. The van der Waals surface area contributed by atoms with Crippen molar-refractivity contribution < 1.29 is 6.85 Å². The van der Waals surface area contributed by atoms with Crippen LogP contribution in [-0.4, -0.2) is 22.6 Å². The molecule has 0 aliphatic rings. The fraction of sp³-hybridized carbons (Fsp3) is 0. The third-order valence-electron chi connectivity index (χ3n) is 9.34. The molecule has 9 aromatic rings. The number of nitrogens with zero attached hydrogens (tertiary/aromatic N) is 3. The van der Waals surface area contributed by atoms with Gasteiger partial charge in [-0.1, -0.05) is 182 Å². The predicted molar refractivity (Wildman–Crippen MR) is 211 cm³/mol. The second kappa shape index (κ2) is 12.6. The fourth-order valence-electron chi connectivity index (χ4n) is 7.13. The minimum absolute atomic E-state index is 0.0299. The van der Waals surface area contributed by atoms with E-state index in [1.165, 1.54) is 0 Å². The van der Waals surface area contributed by atoms with Crippen LogP contribution < -0.4 is 20.7 Å². The van der Waals surface area contributed by atoms with E-state index in [2.05, 4.69) is 12.1 Å². The van der Waals surface area contributed by atoms with E-state index in [0.29, 0.717) is 16.4 Å². The van der Waals surface area contributed by atoms with Gasteiger partial charge in [-0.05, 0) is 38.9 Å². The Morgan fingerprint density at radius 2 is 0.860 bits per heavy atom. The summed E-state index contributed by atoms with van der Waals surface area (Å²) in [4.78, 5) is 10.2. The van der Waals surface area contributed by atoms with E-state index in [0.717, 1.165) is 37.4 Å². The molecule has 0 N–H and O–H groups in total. The van der Waals surface area contributed by atoms with Gasteiger partial charge in [-0.25, -0.2) is 9.97 Å². The number of benzene rings is 7. The van der Waals surface area contributed by atoms with E-state index in [-0.39, 0.29) is 47.4 Å². The number of fused-ring (bicyclic) bond motifs is 3. The van der Waals surface area contributed by atoms with Crippen LogP contribution in [0.2, 0.25) is 0 Å². The van der Waals surface area contributed by atoms with E-state index >= 15 is 0 Å². The molecule has 0 saturated carbocycles. The maximum Gasteiger partial charge on any atom is 0.235 e. The van der Waals surface area contributed by atoms with Gasteiger partial charge in [0.25, 0.3) is 0 Å². The lowest BCUT2D eigenvalue weighted by atomic mass is 10.1. The normalized spacial score (nSPS) is 13.0. The summed E-state index contributed by atoms with van der Waals surface area (Å²) in [6.45, 7) is 0. The van der Waals surface area contributed by atoms with Gasteiger partial charge in [-0.15, -0.1) is 0 Å². The van der Waals surface area contributed by atoms with Gasteiger partial charge in [-0.3, -0.25) is 4.57 Å². The average Bonchev–Trinajstić information content (AvgIpc) is 3.58. The zero-order valence-corrected chi connectivity index (χ0v) is 28.0. The maximum atomic E-state index is 10.2. The molecule has 0 saturated heterocycles. The highest BCUT2D eigenvalue weighted by molar-refractivity contribution is 7.19. The van der Waals surface area contributed by atoms with Gasteiger partial charge in [-0.2, -0.15) is 0 Å². The summed E-state index contributed by atoms with van der Waals surface area (Å²) in [5.74, 6) is 0.279. The maximum absolute atomic E-state index is 10.2. The van der Waals surface area contributed by atoms with Crippen molar-refractivity contribution in [2.24, 2.45) is 0 Å². The van der Waals surface area contributed by atoms with Crippen molar-refractivity contribution >= 4 is 50.6 Å². The Balaban J connectivity index is 1.44. The third kappa shape index (κ3) is 4.97. The molecule has 9 rings (SSSR count). The number of hydrogen-bond acceptors (Lipinski definition) is 2. The average molecular weight is 661 g/mol. The first-order valence-corrected chi connectivity index (χ1v) is 18.6. The van der Waals surface area contributed by atoms with Crippen molar-refractivity contribution in [3.8, 4) is 28.5 Å². The number of rotatable bonds is 7. The molecule has 0 atom stereocenters. The third-order valence-corrected chi connectivity index (χ3v) is 13.9. The van der Waals surface area contributed by atoms with Gasteiger partial charge in [0.2, 0.25) is 5.95 Å². The van der Waals surface area contributed by atoms with Crippen molar-refractivity contribution in [3.63, 3.8) is 0 Å². The van der Waals surface area contributed by atoms with Crippen LogP contribution in [0.15, 0.2) is 200 Å². The van der Waals surface area contributed by atoms with Crippen LogP contribution in [0.3, 0.4) is 0 Å². The SMILES string of the molecule is [2H]c1c(-c2ccccc2)nc(-n2c3ccccc3c3ccccc32)nc1-c1c([2H])c([2H])c([2H])c([Si](c2ccccc2)(c2ccccc2)c2ccccc2)c1[2H]. The lowest BCUT2D eigenvalue weighted by molar-refractivity contribution is 0.996. The summed E-state index contributed by atoms with van der Waals surface area (Å²) in [6, 6.07) is 54.4. The van der Waals surface area contributed by atoms with Gasteiger partial charge in [0.1, 0.15) is 0 Å². The Morgan fingerprint density at radius 1 is 0.420 bits per heavy atom. The molecule has 2 heterocycles. The van der Waals surface area contributed by atoms with E-state index in [4.69, 9.17) is 9.97 Å². The van der Waals surface area contributed by atoms with Gasteiger partial charge < -0.3 is 0 Å². The molecule has 0 aliphatic carbocycles. The van der Waals surface area contributed by atoms with Gasteiger partial charge in [0.15, 0.2) is 8.07 Å². The summed E-state index contributed by atoms with van der Waals surface area (Å²) in [7, 11) is -3.53. The minimum atomic E-state index is -3.53. The van der Waals surface area contributed by atoms with Crippen molar-refractivity contribution in [1.82, 2.24) is 14.5 Å². The summed E-state index contributed by atoms with van der Waals surface area (Å²) in [5, 5.41) is 5.19. The fourth-order valence-corrected chi connectivity index (χ4v) is 11.6. The first-order chi connectivity index (χ1) is 26.9. The van der Waals surface area contributed by atoms with E-state index in [9.17, 15) is 6.85 Å². The van der Waals surface area contributed by atoms with Crippen molar-refractivity contribution in [1.29, 1.82) is 0 Å². The van der Waals surface area contributed by atoms with Crippen LogP contribution in [0.4, 0.5) is 0 Å². The van der Waals surface area contributed by atoms with Gasteiger partial charge in [0, 0.05) is 21.9 Å². The second-order valence-corrected chi connectivity index (χ2v) is 15.9. The Hall–Kier alpha value is -6.36. The summed E-state index contributed by atoms with van der Waals surface area (Å²) < 4.78 is 50.3. The van der Waals surface area contributed by atoms with Gasteiger partial charge >= 0.3 is 0 Å². The molecular formula is C46H33N3Si. The van der Waals surface area contributed by atoms with Crippen LogP contribution in [0.25, 0.3) is 50.3 Å². The Kier molecular flexibility index (Phi) is 6.22. The molecular weight excluding hydrogens is 623 g/mol. The summed E-state index contributed by atoms with van der Waals surface area (Å²) in [6.07, 6.45) is 0. The highest BCUT2D eigenvalue weighted by Crippen LogP contribution is 2.33. The van der Waals surface area contributed by atoms with E-state index in [1.807, 2.05) is 162 Å². The van der Waals surface area contributed by atoms with Crippen LogP contribution in [0.1, 0.15) is 6.85 Å². The van der Waals surface area contributed by atoms with Crippen LogP contribution in [-0.2, 0) is 0 Å². The molecule has 0 spiro atoms. The summed E-state index contributed by atoms with van der Waals surface area (Å²) in [5.41, 5.74) is 2.85. The van der Waals surface area contributed by atoms with E-state index in [1.54, 1.807) is 0 Å². The smallest absolute Gasteiger partial charge is 0.235 e. The molecule has 2 aromatic heterocycles. The topological polar surface area (TPSA) is 30.7 Å². The number of aromatic nitrogens is 3. The Morgan fingerprint density at radius 3 is 1.38 bits per heavy atom. The molecule has 0 radical (unpaired) electrons. The standard InChI is InChI=1S/C46H33N3Si/c1-5-18-34(19-6-1)42-33-43(48-46(47-42)49-44-30-15-13-28-40(44)41-29-14-16-31-45(41)49)35-20-17-27-39(32-35)50(36-21-7-2-8-22-36,37-23-9-3-10-24-37)38-25-11-4-12-26-38/h1-33H/i17D,20D,27D,32D,33D. The lowest BCUT2D eigenvalue weighted by Crippen LogP contribution is -2.74. The predicted octanol–water partition coefficient (Wildman–Crippen LogP) is 8.29. The van der Waals surface area contributed by atoms with E-state index < -0.39 is 8.07 Å². The molecule has 4 heteroatoms. The number of para-hydroxylation sites is 2. The molecule has 0 fully saturated rings. The van der Waals surface area contributed by atoms with Crippen LogP contribution in [0, 0.1) is 0 Å². The molecule has 0 bridgehead atoms. The first-order valence-electron chi connectivity index (χ1n) is 19.1. The molecule has 0 aliphatic heterocycles. The van der Waals surface area contributed by atoms with Gasteiger partial charge in [0.05, 0.1) is 29.3 Å². The molecule has 7 aromatic carbocycles. The lowest BCUT2D eigenvalue weighted by Gasteiger charge is -2.34. The second-order valence-electron chi connectivity index (χ2n) is 12.2. The van der Waals surface area contributed by atoms with Crippen LogP contribution >= 0.6 is 0 Å². The highest BCUT2D eigenvalue weighted by Gasteiger charge is 2.41. The molecule has 236 valence electrons. The Labute approximate surface area is 299 Å². The zero-order valence-electron chi connectivity index (χ0n) is 32.0. The first kappa shape index (κ1) is 24.7. The molecule has 0 amide bonds. The minimum Gasteiger partial charge on any atom is -0.278 e.